The van der Waals surface area contributed by atoms with Crippen LogP contribution in [0.3, 0.4) is 0 Å². The van der Waals surface area contributed by atoms with Crippen molar-refractivity contribution in [3.8, 4) is 0 Å². The van der Waals surface area contributed by atoms with E-state index in [1.807, 2.05) is 13.8 Å². The molecule has 4 rings (SSSR count). The van der Waals surface area contributed by atoms with Gasteiger partial charge in [0.05, 0.1) is 12.2 Å². The van der Waals surface area contributed by atoms with E-state index in [2.05, 4.69) is 40.7 Å². The summed E-state index contributed by atoms with van der Waals surface area (Å²) in [5, 5.41) is 21.2. The van der Waals surface area contributed by atoms with Gasteiger partial charge < -0.3 is 10.2 Å². The fourth-order valence-corrected chi connectivity index (χ4v) is 8.58. The fraction of sp³-hybridized carbons (Fsp3) is 0.931. The van der Waals surface area contributed by atoms with Crippen molar-refractivity contribution < 1.29 is 14.5 Å². The van der Waals surface area contributed by atoms with E-state index in [4.69, 9.17) is 0 Å². The predicted octanol–water partition coefficient (Wildman–Crippen LogP) is 8.12. The Morgan fingerprint density at radius 3 is 2.39 bits per heavy atom. The lowest BCUT2D eigenvalue weighted by atomic mass is 9.47. The molecule has 0 aromatic heterocycles. The Bertz CT molecular complexity index is 639. The third-order valence-electron chi connectivity index (χ3n) is 10.4. The van der Waals surface area contributed by atoms with E-state index in [0.29, 0.717) is 28.6 Å². The van der Waals surface area contributed by atoms with Crippen molar-refractivity contribution >= 4 is 0 Å². The van der Waals surface area contributed by atoms with Crippen molar-refractivity contribution in [2.24, 2.45) is 46.3 Å². The standard InChI is InChI=1S/C27H46O2.C2H6.3H2/c1-17(2)6-11-25(29)18(3)22-9-10-23-21-8-7-19-16-20(28)12-14-26(19,4)24(21)13-15-27(22,23)5;1-2;;;/h7,17-18,20-25,28-29H,6,8-16H2,1-5H3;1-2H3;3*1H/t18-,20-,21-,22?,23?,24?,25-,26-,27+;;;;/m0..../s1. The van der Waals surface area contributed by atoms with Gasteiger partial charge in [-0.1, -0.05) is 60.1 Å². The summed E-state index contributed by atoms with van der Waals surface area (Å²) < 4.78 is 0. The number of hydrogen-bond acceptors (Lipinski definition) is 2. The molecule has 4 aliphatic rings. The fourth-order valence-electron chi connectivity index (χ4n) is 8.58. The topological polar surface area (TPSA) is 40.5 Å². The highest BCUT2D eigenvalue weighted by molar-refractivity contribution is 5.25. The second-order valence-corrected chi connectivity index (χ2v) is 12.3. The summed E-state index contributed by atoms with van der Waals surface area (Å²) in [4.78, 5) is 0. The molecule has 3 unspecified atom stereocenters. The second-order valence-electron chi connectivity index (χ2n) is 12.3. The monoisotopic (exact) mass is 438 g/mol. The van der Waals surface area contributed by atoms with Gasteiger partial charge in [0.1, 0.15) is 0 Å². The number of hydrogen-bond donors (Lipinski definition) is 2. The van der Waals surface area contributed by atoms with Crippen molar-refractivity contribution in [2.45, 2.75) is 125 Å². The minimum absolute atomic E-state index is 0. The van der Waals surface area contributed by atoms with Crippen LogP contribution in [0.1, 0.15) is 117 Å². The predicted molar refractivity (Wildman–Crippen MR) is 138 cm³/mol. The maximum absolute atomic E-state index is 11.0. The molecule has 9 atom stereocenters. The Labute approximate surface area is 197 Å². The molecule has 4 aliphatic carbocycles. The second kappa shape index (κ2) is 9.88. The molecule has 0 aromatic rings. The van der Waals surface area contributed by atoms with Crippen molar-refractivity contribution in [3.63, 3.8) is 0 Å². The van der Waals surface area contributed by atoms with Crippen LogP contribution in [0.5, 0.6) is 0 Å². The Balaban J connectivity index is 0.00000212. The highest BCUT2D eigenvalue weighted by Gasteiger charge is 2.59. The average Bonchev–Trinajstić information content (AvgIpc) is 3.10. The van der Waals surface area contributed by atoms with Gasteiger partial charge in [-0.05, 0) is 111 Å². The van der Waals surface area contributed by atoms with E-state index in [9.17, 15) is 10.2 Å². The van der Waals surface area contributed by atoms with Gasteiger partial charge >= 0.3 is 0 Å². The minimum Gasteiger partial charge on any atom is -0.393 e. The molecule has 3 saturated carbocycles. The summed E-state index contributed by atoms with van der Waals surface area (Å²) in [5.74, 6) is 4.25. The number of allylic oxidation sites excluding steroid dienone is 1. The van der Waals surface area contributed by atoms with Crippen LogP contribution in [0.4, 0.5) is 0 Å². The van der Waals surface area contributed by atoms with Crippen LogP contribution in [0.25, 0.3) is 0 Å². The number of rotatable bonds is 5. The van der Waals surface area contributed by atoms with Crippen LogP contribution in [0.2, 0.25) is 0 Å². The SMILES string of the molecule is CC.CC(C)CC[C@H](O)[C@@H](C)C1CCC2[C@@H]3CC=C4C[C@@H](O)CC[C@]4(C)C3CC[C@@]21C.[HH].[HH].[HH]. The van der Waals surface area contributed by atoms with E-state index in [0.717, 1.165) is 43.4 Å². The van der Waals surface area contributed by atoms with Gasteiger partial charge in [-0.2, -0.15) is 0 Å². The Morgan fingerprint density at radius 1 is 1.00 bits per heavy atom. The van der Waals surface area contributed by atoms with E-state index in [1.54, 1.807) is 5.57 Å². The molecule has 0 bridgehead atoms. The molecule has 0 saturated heterocycles. The van der Waals surface area contributed by atoms with Crippen LogP contribution in [0.15, 0.2) is 11.6 Å². The third-order valence-corrected chi connectivity index (χ3v) is 10.4. The zero-order chi connectivity index (χ0) is 23.0. The zero-order valence-corrected chi connectivity index (χ0v) is 21.7. The van der Waals surface area contributed by atoms with Crippen molar-refractivity contribution in [1.82, 2.24) is 0 Å². The van der Waals surface area contributed by atoms with E-state index < -0.39 is 0 Å². The van der Waals surface area contributed by atoms with Gasteiger partial charge in [-0.15, -0.1) is 0 Å². The lowest BCUT2D eigenvalue weighted by Gasteiger charge is -2.58. The number of aliphatic hydroxyl groups is 2. The van der Waals surface area contributed by atoms with Gasteiger partial charge in [0.2, 0.25) is 0 Å². The molecule has 186 valence electrons. The van der Waals surface area contributed by atoms with Crippen molar-refractivity contribution in [2.75, 3.05) is 0 Å². The molecule has 0 radical (unpaired) electrons. The molecule has 0 aromatic carbocycles. The number of fused-ring (bicyclic) bond motifs is 5. The summed E-state index contributed by atoms with van der Waals surface area (Å²) >= 11 is 0. The first-order chi connectivity index (χ1) is 14.7. The van der Waals surface area contributed by atoms with Crippen LogP contribution in [-0.2, 0) is 0 Å². The summed E-state index contributed by atoms with van der Waals surface area (Å²) in [7, 11) is 0. The van der Waals surface area contributed by atoms with Crippen LogP contribution >= 0.6 is 0 Å². The maximum atomic E-state index is 11.0. The van der Waals surface area contributed by atoms with Crippen molar-refractivity contribution in [1.29, 1.82) is 0 Å². The molecule has 3 fully saturated rings. The molecule has 0 amide bonds. The molecule has 2 heteroatoms. The highest BCUT2D eigenvalue weighted by atomic mass is 16.3. The maximum Gasteiger partial charge on any atom is 0.0577 e. The molecular weight excluding hydrogens is 380 g/mol. The van der Waals surface area contributed by atoms with Gasteiger partial charge in [0.25, 0.3) is 0 Å². The zero-order valence-electron chi connectivity index (χ0n) is 21.7. The summed E-state index contributed by atoms with van der Waals surface area (Å²) in [6, 6.07) is 0. The van der Waals surface area contributed by atoms with Crippen LogP contribution in [0, 0.1) is 46.3 Å². The smallest absolute Gasteiger partial charge is 0.0577 e. The van der Waals surface area contributed by atoms with E-state index in [-0.39, 0.29) is 16.5 Å². The van der Waals surface area contributed by atoms with E-state index >= 15 is 0 Å². The minimum atomic E-state index is -0.133. The molecule has 31 heavy (non-hydrogen) atoms. The van der Waals surface area contributed by atoms with Crippen molar-refractivity contribution in [3.05, 3.63) is 11.6 Å². The quantitative estimate of drug-likeness (QED) is 0.425. The Kier molecular flexibility index (Phi) is 8.06. The Morgan fingerprint density at radius 2 is 1.71 bits per heavy atom. The third kappa shape index (κ3) is 4.54. The Hall–Kier alpha value is -0.340. The molecule has 2 nitrogen and oxygen atoms in total. The summed E-state index contributed by atoms with van der Waals surface area (Å²) in [6.45, 7) is 16.0. The van der Waals surface area contributed by atoms with Crippen LogP contribution in [-0.4, -0.2) is 22.4 Å². The summed E-state index contributed by atoms with van der Waals surface area (Å²) in [6.07, 6.45) is 14.1. The first-order valence-corrected chi connectivity index (χ1v) is 13.7. The van der Waals surface area contributed by atoms with Gasteiger partial charge in [-0.3, -0.25) is 0 Å². The normalized spacial score (nSPS) is 43.7. The lowest BCUT2D eigenvalue weighted by molar-refractivity contribution is -0.0681. The van der Waals surface area contributed by atoms with Gasteiger partial charge in [-0.25, -0.2) is 0 Å². The largest absolute Gasteiger partial charge is 0.393 e. The van der Waals surface area contributed by atoms with E-state index in [1.165, 1.54) is 38.5 Å². The average molecular weight is 439 g/mol. The molecule has 2 N–H and O–H groups in total. The first-order valence-electron chi connectivity index (χ1n) is 13.7. The molecule has 0 aliphatic heterocycles. The molecule has 0 spiro atoms. The highest BCUT2D eigenvalue weighted by Crippen LogP contribution is 2.67. The van der Waals surface area contributed by atoms with Gasteiger partial charge in [0.15, 0.2) is 0 Å². The molecular formula is C29H58O2. The lowest BCUT2D eigenvalue weighted by Crippen LogP contribution is -2.51. The first kappa shape index (κ1) is 25.3. The summed E-state index contributed by atoms with van der Waals surface area (Å²) in [5.41, 5.74) is 2.33. The number of aliphatic hydroxyl groups excluding tert-OH is 2. The molecule has 0 heterocycles. The van der Waals surface area contributed by atoms with Gasteiger partial charge in [0, 0.05) is 4.28 Å². The van der Waals surface area contributed by atoms with Crippen LogP contribution < -0.4 is 0 Å².